The fraction of sp³-hybridized carbons (Fsp3) is 0.278. The molecule has 0 aliphatic carbocycles. The minimum atomic E-state index is -0.240. The molecule has 0 fully saturated rings. The monoisotopic (exact) mass is 372 g/mol. The van der Waals surface area contributed by atoms with Crippen molar-refractivity contribution in [1.29, 1.82) is 0 Å². The Kier molecular flexibility index (Phi) is 5.96. The standard InChI is InChI=1S/C18H21FN6S/c1-14-7-10-24(23-14)9-2-8-20-18(26)22-17-11-21-25(13-17)12-15-3-5-16(19)6-4-15/h3-7,10-11,13H,2,8-9,12H2,1H3,(H2,20,22,26). The van der Waals surface area contributed by atoms with Crippen molar-refractivity contribution in [3.05, 3.63) is 66.0 Å². The van der Waals surface area contributed by atoms with Crippen molar-refractivity contribution in [2.24, 2.45) is 0 Å². The van der Waals surface area contributed by atoms with Crippen LogP contribution in [0.2, 0.25) is 0 Å². The van der Waals surface area contributed by atoms with Crippen molar-refractivity contribution in [3.8, 4) is 0 Å². The van der Waals surface area contributed by atoms with Crippen LogP contribution in [0.15, 0.2) is 48.9 Å². The van der Waals surface area contributed by atoms with E-state index in [1.807, 2.05) is 30.1 Å². The summed E-state index contributed by atoms with van der Waals surface area (Å²) in [6.45, 7) is 4.16. The number of aromatic nitrogens is 4. The average Bonchev–Trinajstić information content (AvgIpc) is 3.23. The highest BCUT2D eigenvalue weighted by molar-refractivity contribution is 7.80. The molecular formula is C18H21FN6S. The summed E-state index contributed by atoms with van der Waals surface area (Å²) in [6, 6.07) is 8.38. The zero-order valence-corrected chi connectivity index (χ0v) is 15.3. The van der Waals surface area contributed by atoms with Gasteiger partial charge in [-0.1, -0.05) is 12.1 Å². The van der Waals surface area contributed by atoms with Gasteiger partial charge >= 0.3 is 0 Å². The molecule has 0 atom stereocenters. The Balaban J connectivity index is 1.40. The van der Waals surface area contributed by atoms with Crippen molar-refractivity contribution < 1.29 is 4.39 Å². The van der Waals surface area contributed by atoms with E-state index in [0.717, 1.165) is 36.5 Å². The third kappa shape index (κ3) is 5.38. The highest BCUT2D eigenvalue weighted by atomic mass is 32.1. The number of halogens is 1. The van der Waals surface area contributed by atoms with E-state index in [9.17, 15) is 4.39 Å². The molecule has 2 aromatic heterocycles. The molecule has 0 radical (unpaired) electrons. The quantitative estimate of drug-likeness (QED) is 0.493. The molecule has 2 heterocycles. The lowest BCUT2D eigenvalue weighted by Crippen LogP contribution is -2.29. The Morgan fingerprint density at radius 2 is 2.00 bits per heavy atom. The molecule has 0 aliphatic heterocycles. The molecule has 136 valence electrons. The Labute approximate surface area is 157 Å². The molecule has 0 aliphatic rings. The molecule has 2 N–H and O–H groups in total. The van der Waals surface area contributed by atoms with Crippen molar-refractivity contribution in [2.45, 2.75) is 26.4 Å². The molecule has 0 saturated heterocycles. The van der Waals surface area contributed by atoms with Crippen LogP contribution in [-0.4, -0.2) is 31.2 Å². The first-order chi connectivity index (χ1) is 12.6. The maximum absolute atomic E-state index is 12.9. The SMILES string of the molecule is Cc1ccn(CCCNC(=S)Nc2cnn(Cc3ccc(F)cc3)c2)n1. The molecule has 0 bridgehead atoms. The number of nitrogens with zero attached hydrogens (tertiary/aromatic N) is 4. The van der Waals surface area contributed by atoms with Crippen LogP contribution >= 0.6 is 12.2 Å². The molecule has 8 heteroatoms. The fourth-order valence-electron chi connectivity index (χ4n) is 2.50. The number of benzene rings is 1. The third-order valence-electron chi connectivity index (χ3n) is 3.77. The van der Waals surface area contributed by atoms with Crippen molar-refractivity contribution in [2.75, 3.05) is 11.9 Å². The Morgan fingerprint density at radius 1 is 1.19 bits per heavy atom. The first kappa shape index (κ1) is 18.1. The summed E-state index contributed by atoms with van der Waals surface area (Å²) in [6.07, 6.45) is 6.47. The van der Waals surface area contributed by atoms with Gasteiger partial charge in [-0.25, -0.2) is 4.39 Å². The van der Waals surface area contributed by atoms with Gasteiger partial charge in [-0.3, -0.25) is 9.36 Å². The Bertz CT molecular complexity index is 855. The van der Waals surface area contributed by atoms with Crippen molar-refractivity contribution in [3.63, 3.8) is 0 Å². The first-order valence-corrected chi connectivity index (χ1v) is 8.81. The predicted molar refractivity (Wildman–Crippen MR) is 104 cm³/mol. The largest absolute Gasteiger partial charge is 0.362 e. The van der Waals surface area contributed by atoms with E-state index in [0.29, 0.717) is 11.7 Å². The highest BCUT2D eigenvalue weighted by Crippen LogP contribution is 2.09. The maximum Gasteiger partial charge on any atom is 0.170 e. The van der Waals surface area contributed by atoms with Gasteiger partial charge in [0, 0.05) is 25.5 Å². The average molecular weight is 372 g/mol. The van der Waals surface area contributed by atoms with Gasteiger partial charge in [-0.05, 0) is 49.3 Å². The Hall–Kier alpha value is -2.74. The van der Waals surface area contributed by atoms with E-state index in [4.69, 9.17) is 12.2 Å². The van der Waals surface area contributed by atoms with Crippen molar-refractivity contribution >= 4 is 23.0 Å². The van der Waals surface area contributed by atoms with Gasteiger partial charge in [-0.15, -0.1) is 0 Å². The summed E-state index contributed by atoms with van der Waals surface area (Å²) < 4.78 is 16.6. The first-order valence-electron chi connectivity index (χ1n) is 8.40. The number of hydrogen-bond acceptors (Lipinski definition) is 3. The number of aryl methyl sites for hydroxylation is 2. The number of thiocarbonyl (C=S) groups is 1. The normalized spacial score (nSPS) is 10.7. The van der Waals surface area contributed by atoms with Crippen LogP contribution in [0.1, 0.15) is 17.7 Å². The molecule has 3 rings (SSSR count). The maximum atomic E-state index is 12.9. The van der Waals surface area contributed by atoms with Crippen LogP contribution in [0.4, 0.5) is 10.1 Å². The second-order valence-electron chi connectivity index (χ2n) is 6.01. The molecule has 0 spiro atoms. The highest BCUT2D eigenvalue weighted by Gasteiger charge is 2.03. The lowest BCUT2D eigenvalue weighted by atomic mass is 10.2. The van der Waals surface area contributed by atoms with E-state index >= 15 is 0 Å². The molecule has 6 nitrogen and oxygen atoms in total. The van der Waals surface area contributed by atoms with Gasteiger partial charge in [0.05, 0.1) is 24.1 Å². The summed E-state index contributed by atoms with van der Waals surface area (Å²) in [5, 5.41) is 15.5. The van der Waals surface area contributed by atoms with Crippen LogP contribution in [0, 0.1) is 12.7 Å². The van der Waals surface area contributed by atoms with Gasteiger partial charge in [0.25, 0.3) is 0 Å². The number of anilines is 1. The minimum absolute atomic E-state index is 0.240. The van der Waals surface area contributed by atoms with Crippen LogP contribution in [0.3, 0.4) is 0 Å². The van der Waals surface area contributed by atoms with Gasteiger partial charge in [0.15, 0.2) is 5.11 Å². The summed E-state index contributed by atoms with van der Waals surface area (Å²) in [4.78, 5) is 0. The van der Waals surface area contributed by atoms with Gasteiger partial charge in [0.2, 0.25) is 0 Å². The van der Waals surface area contributed by atoms with Crippen LogP contribution < -0.4 is 10.6 Å². The van der Waals surface area contributed by atoms with Crippen LogP contribution in [-0.2, 0) is 13.1 Å². The number of nitrogens with one attached hydrogen (secondary N) is 2. The van der Waals surface area contributed by atoms with E-state index in [1.54, 1.807) is 23.0 Å². The number of hydrogen-bond donors (Lipinski definition) is 2. The second-order valence-corrected chi connectivity index (χ2v) is 6.42. The Morgan fingerprint density at radius 3 is 2.73 bits per heavy atom. The van der Waals surface area contributed by atoms with E-state index in [-0.39, 0.29) is 5.82 Å². The lowest BCUT2D eigenvalue weighted by molar-refractivity contribution is 0.570. The molecular weight excluding hydrogens is 351 g/mol. The molecule has 0 saturated carbocycles. The summed E-state index contributed by atoms with van der Waals surface area (Å²) in [5.41, 5.74) is 2.82. The molecule has 26 heavy (non-hydrogen) atoms. The van der Waals surface area contributed by atoms with Crippen LogP contribution in [0.25, 0.3) is 0 Å². The number of rotatable bonds is 7. The van der Waals surface area contributed by atoms with E-state index in [2.05, 4.69) is 20.8 Å². The third-order valence-corrected chi connectivity index (χ3v) is 4.02. The predicted octanol–water partition coefficient (Wildman–Crippen LogP) is 2.95. The fourth-order valence-corrected chi connectivity index (χ4v) is 2.72. The zero-order valence-electron chi connectivity index (χ0n) is 14.5. The van der Waals surface area contributed by atoms with Crippen LogP contribution in [0.5, 0.6) is 0 Å². The lowest BCUT2D eigenvalue weighted by Gasteiger charge is -2.09. The smallest absolute Gasteiger partial charge is 0.170 e. The summed E-state index contributed by atoms with van der Waals surface area (Å²) in [7, 11) is 0. The summed E-state index contributed by atoms with van der Waals surface area (Å²) in [5.74, 6) is -0.240. The molecule has 3 aromatic rings. The zero-order chi connectivity index (χ0) is 18.4. The summed E-state index contributed by atoms with van der Waals surface area (Å²) >= 11 is 5.30. The molecule has 1 aromatic carbocycles. The molecule has 0 amide bonds. The van der Waals surface area contributed by atoms with E-state index < -0.39 is 0 Å². The topological polar surface area (TPSA) is 59.7 Å². The van der Waals surface area contributed by atoms with Crippen molar-refractivity contribution in [1.82, 2.24) is 24.9 Å². The van der Waals surface area contributed by atoms with Gasteiger partial charge < -0.3 is 10.6 Å². The minimum Gasteiger partial charge on any atom is -0.362 e. The molecule has 0 unspecified atom stereocenters. The van der Waals surface area contributed by atoms with E-state index in [1.165, 1.54) is 12.1 Å². The second kappa shape index (κ2) is 8.57. The van der Waals surface area contributed by atoms with Gasteiger partial charge in [-0.2, -0.15) is 10.2 Å². The van der Waals surface area contributed by atoms with Gasteiger partial charge in [0.1, 0.15) is 5.82 Å².